The van der Waals surface area contributed by atoms with Crippen LogP contribution in [0.25, 0.3) is 0 Å². The number of ether oxygens (including phenoxy) is 1. The number of halogens is 3. The van der Waals surface area contributed by atoms with Crippen LogP contribution in [-0.2, 0) is 0 Å². The second-order valence-electron chi connectivity index (χ2n) is 5.78. The lowest BCUT2D eigenvalue weighted by atomic mass is 9.96. The molecule has 25 heavy (non-hydrogen) atoms. The fourth-order valence-electron chi connectivity index (χ4n) is 3.04. The molecule has 3 rings (SSSR count). The highest BCUT2D eigenvalue weighted by Gasteiger charge is 2.31. The molecule has 5 nitrogen and oxygen atoms in total. The van der Waals surface area contributed by atoms with Crippen LogP contribution in [0, 0.1) is 0 Å². The number of benzene rings is 1. The van der Waals surface area contributed by atoms with Crippen molar-refractivity contribution in [1.29, 1.82) is 0 Å². The summed E-state index contributed by atoms with van der Waals surface area (Å²) in [6.45, 7) is 3.29. The number of piperazine rings is 1. The average molecular weight is 352 g/mol. The minimum absolute atomic E-state index is 0.171. The predicted octanol–water partition coefficient (Wildman–Crippen LogP) is 2.56. The van der Waals surface area contributed by atoms with Gasteiger partial charge in [-0.05, 0) is 23.8 Å². The summed E-state index contributed by atoms with van der Waals surface area (Å²) in [6, 6.07) is 9.46. The van der Waals surface area contributed by atoms with Crippen LogP contribution in [0.4, 0.5) is 19.0 Å². The van der Waals surface area contributed by atoms with Gasteiger partial charge in [-0.1, -0.05) is 18.2 Å². The van der Waals surface area contributed by atoms with Gasteiger partial charge in [0.05, 0.1) is 6.04 Å². The smallest absolute Gasteiger partial charge is 0.406 e. The summed E-state index contributed by atoms with van der Waals surface area (Å²) in [5, 5.41) is 3.29. The standard InChI is InChI=1S/C17H19F3N4O/c18-17(19,20)25-13-5-3-12(4-6-13)15(24-10-8-22-9-11-24)14-2-1-7-23-16(14)21/h1-7,15,22H,8-11H2,(H2,21,23)/t15-/m1/s1. The Hall–Kier alpha value is -2.32. The van der Waals surface area contributed by atoms with E-state index in [1.807, 2.05) is 12.1 Å². The number of nitrogen functional groups attached to an aromatic ring is 1. The first-order valence-corrected chi connectivity index (χ1v) is 7.95. The molecule has 0 spiro atoms. The number of rotatable bonds is 4. The maximum absolute atomic E-state index is 12.3. The minimum atomic E-state index is -4.70. The van der Waals surface area contributed by atoms with Crippen LogP contribution < -0.4 is 15.8 Å². The van der Waals surface area contributed by atoms with Gasteiger partial charge < -0.3 is 15.8 Å². The Kier molecular flexibility index (Phi) is 5.10. The Morgan fingerprint density at radius 2 is 1.80 bits per heavy atom. The molecule has 1 aliphatic heterocycles. The lowest BCUT2D eigenvalue weighted by molar-refractivity contribution is -0.274. The zero-order valence-electron chi connectivity index (χ0n) is 13.5. The van der Waals surface area contributed by atoms with Crippen molar-refractivity contribution in [2.24, 2.45) is 0 Å². The maximum atomic E-state index is 12.3. The van der Waals surface area contributed by atoms with E-state index >= 15 is 0 Å². The van der Waals surface area contributed by atoms with E-state index in [-0.39, 0.29) is 11.8 Å². The van der Waals surface area contributed by atoms with Crippen LogP contribution >= 0.6 is 0 Å². The van der Waals surface area contributed by atoms with E-state index in [4.69, 9.17) is 5.73 Å². The molecule has 2 aromatic rings. The Labute approximate surface area is 143 Å². The summed E-state index contributed by atoms with van der Waals surface area (Å²) < 4.78 is 41.0. The third kappa shape index (κ3) is 4.40. The number of hydrogen-bond donors (Lipinski definition) is 2. The van der Waals surface area contributed by atoms with Crippen molar-refractivity contribution in [3.05, 3.63) is 53.7 Å². The SMILES string of the molecule is Nc1ncccc1[C@@H](c1ccc(OC(F)(F)F)cc1)N1CCNCC1. The second kappa shape index (κ2) is 7.28. The van der Waals surface area contributed by atoms with Gasteiger partial charge in [0.25, 0.3) is 0 Å². The number of nitrogens with two attached hydrogens (primary N) is 1. The largest absolute Gasteiger partial charge is 0.573 e. The Bertz CT molecular complexity index is 700. The normalized spacial score (nSPS) is 17.2. The van der Waals surface area contributed by atoms with Crippen molar-refractivity contribution in [2.75, 3.05) is 31.9 Å². The Morgan fingerprint density at radius 3 is 2.40 bits per heavy atom. The number of nitrogens with zero attached hydrogens (tertiary/aromatic N) is 2. The van der Waals surface area contributed by atoms with Gasteiger partial charge in [0.15, 0.2) is 0 Å². The van der Waals surface area contributed by atoms with E-state index < -0.39 is 6.36 Å². The summed E-state index contributed by atoms with van der Waals surface area (Å²) in [5.74, 6) is 0.177. The van der Waals surface area contributed by atoms with E-state index in [1.54, 1.807) is 18.3 Å². The lowest BCUT2D eigenvalue weighted by Gasteiger charge is -2.35. The van der Waals surface area contributed by atoms with Crippen molar-refractivity contribution in [3.8, 4) is 5.75 Å². The number of hydrogen-bond acceptors (Lipinski definition) is 5. The number of pyridine rings is 1. The van der Waals surface area contributed by atoms with Crippen LogP contribution in [0.2, 0.25) is 0 Å². The molecule has 1 fully saturated rings. The molecule has 1 aromatic carbocycles. The fraction of sp³-hybridized carbons (Fsp3) is 0.353. The Balaban J connectivity index is 1.93. The average Bonchev–Trinajstić information content (AvgIpc) is 2.58. The van der Waals surface area contributed by atoms with Crippen LogP contribution in [-0.4, -0.2) is 42.4 Å². The van der Waals surface area contributed by atoms with E-state index in [0.717, 1.165) is 37.3 Å². The van der Waals surface area contributed by atoms with Crippen molar-refractivity contribution >= 4 is 5.82 Å². The molecule has 134 valence electrons. The molecule has 8 heteroatoms. The minimum Gasteiger partial charge on any atom is -0.406 e. The number of nitrogens with one attached hydrogen (secondary N) is 1. The molecule has 0 bridgehead atoms. The topological polar surface area (TPSA) is 63.4 Å². The van der Waals surface area contributed by atoms with E-state index in [0.29, 0.717) is 5.82 Å². The number of anilines is 1. The number of aromatic nitrogens is 1. The molecule has 1 aliphatic rings. The van der Waals surface area contributed by atoms with Gasteiger partial charge in [0.1, 0.15) is 11.6 Å². The molecule has 0 aliphatic carbocycles. The van der Waals surface area contributed by atoms with Gasteiger partial charge in [0, 0.05) is 37.9 Å². The Morgan fingerprint density at radius 1 is 1.12 bits per heavy atom. The summed E-state index contributed by atoms with van der Waals surface area (Å²) in [7, 11) is 0. The zero-order valence-corrected chi connectivity index (χ0v) is 13.5. The molecule has 0 saturated carbocycles. The molecule has 0 amide bonds. The van der Waals surface area contributed by atoms with Gasteiger partial charge in [-0.3, -0.25) is 4.90 Å². The lowest BCUT2D eigenvalue weighted by Crippen LogP contribution is -2.45. The maximum Gasteiger partial charge on any atom is 0.573 e. The quantitative estimate of drug-likeness (QED) is 0.886. The molecular formula is C17H19F3N4O. The summed E-state index contributed by atoms with van der Waals surface area (Å²) in [5.41, 5.74) is 7.74. The molecule has 1 atom stereocenters. The fourth-order valence-corrected chi connectivity index (χ4v) is 3.04. The second-order valence-corrected chi connectivity index (χ2v) is 5.78. The van der Waals surface area contributed by atoms with Crippen LogP contribution in [0.15, 0.2) is 42.6 Å². The third-order valence-corrected chi connectivity index (χ3v) is 4.11. The molecular weight excluding hydrogens is 333 g/mol. The number of alkyl halides is 3. The van der Waals surface area contributed by atoms with Crippen LogP contribution in [0.5, 0.6) is 5.75 Å². The van der Waals surface area contributed by atoms with Crippen molar-refractivity contribution in [2.45, 2.75) is 12.4 Å². The summed E-state index contributed by atoms with van der Waals surface area (Å²) in [4.78, 5) is 6.39. The van der Waals surface area contributed by atoms with E-state index in [2.05, 4.69) is 19.9 Å². The third-order valence-electron chi connectivity index (χ3n) is 4.11. The van der Waals surface area contributed by atoms with Crippen LogP contribution in [0.3, 0.4) is 0 Å². The highest BCUT2D eigenvalue weighted by atomic mass is 19.4. The van der Waals surface area contributed by atoms with Gasteiger partial charge in [-0.15, -0.1) is 13.2 Å². The molecule has 0 unspecified atom stereocenters. The van der Waals surface area contributed by atoms with E-state index in [1.165, 1.54) is 12.1 Å². The van der Waals surface area contributed by atoms with Crippen LogP contribution in [0.1, 0.15) is 17.2 Å². The van der Waals surface area contributed by atoms with Gasteiger partial charge in [-0.2, -0.15) is 0 Å². The highest BCUT2D eigenvalue weighted by Crippen LogP contribution is 2.33. The van der Waals surface area contributed by atoms with Gasteiger partial charge in [-0.25, -0.2) is 4.98 Å². The zero-order chi connectivity index (χ0) is 17.9. The summed E-state index contributed by atoms with van der Waals surface area (Å²) >= 11 is 0. The van der Waals surface area contributed by atoms with Crippen molar-refractivity contribution < 1.29 is 17.9 Å². The van der Waals surface area contributed by atoms with Gasteiger partial charge >= 0.3 is 6.36 Å². The highest BCUT2D eigenvalue weighted by molar-refractivity contribution is 5.46. The first-order chi connectivity index (χ1) is 11.9. The van der Waals surface area contributed by atoms with Crippen molar-refractivity contribution in [3.63, 3.8) is 0 Å². The molecule has 3 N–H and O–H groups in total. The van der Waals surface area contributed by atoms with Gasteiger partial charge in [0.2, 0.25) is 0 Å². The first kappa shape index (κ1) is 17.5. The monoisotopic (exact) mass is 352 g/mol. The molecule has 1 saturated heterocycles. The van der Waals surface area contributed by atoms with Crippen molar-refractivity contribution in [1.82, 2.24) is 15.2 Å². The molecule has 1 aromatic heterocycles. The summed E-state index contributed by atoms with van der Waals surface area (Å²) in [6.07, 6.45) is -3.08. The first-order valence-electron chi connectivity index (χ1n) is 7.95. The molecule has 0 radical (unpaired) electrons. The predicted molar refractivity (Wildman–Crippen MR) is 88.1 cm³/mol. The van der Waals surface area contributed by atoms with E-state index in [9.17, 15) is 13.2 Å². The molecule has 2 heterocycles.